The molecule has 1 fully saturated rings. The molecule has 3 N–H and O–H groups in total. The number of amides is 1. The van der Waals surface area contributed by atoms with E-state index in [1.165, 1.54) is 5.56 Å². The van der Waals surface area contributed by atoms with Crippen LogP contribution in [-0.2, 0) is 16.7 Å². The molecule has 0 radical (unpaired) electrons. The lowest BCUT2D eigenvalue weighted by atomic mass is 9.92. The number of rotatable bonds is 6. The van der Waals surface area contributed by atoms with Crippen LogP contribution in [-0.4, -0.2) is 67.1 Å². The van der Waals surface area contributed by atoms with Gasteiger partial charge in [-0.15, -0.1) is 0 Å². The Balaban J connectivity index is 1.27. The Hall–Kier alpha value is -4.28. The molecule has 0 bridgehead atoms. The van der Waals surface area contributed by atoms with Crippen molar-refractivity contribution in [1.29, 1.82) is 0 Å². The van der Waals surface area contributed by atoms with Gasteiger partial charge in [0.15, 0.2) is 5.82 Å². The van der Waals surface area contributed by atoms with Gasteiger partial charge in [0.25, 0.3) is 5.91 Å². The molecule has 1 aliphatic rings. The van der Waals surface area contributed by atoms with Crippen molar-refractivity contribution in [3.8, 4) is 17.2 Å². The van der Waals surface area contributed by atoms with Gasteiger partial charge in [0.2, 0.25) is 0 Å². The Labute approximate surface area is 226 Å². The number of aromatic amines is 2. The van der Waals surface area contributed by atoms with Crippen molar-refractivity contribution in [3.63, 3.8) is 0 Å². The van der Waals surface area contributed by atoms with Gasteiger partial charge >= 0.3 is 0 Å². The van der Waals surface area contributed by atoms with Crippen molar-refractivity contribution in [3.05, 3.63) is 77.7 Å². The number of morpholine rings is 1. The number of aromatic nitrogens is 6. The zero-order valence-electron chi connectivity index (χ0n) is 22.4. The Morgan fingerprint density at radius 1 is 1.08 bits per heavy atom. The molecular weight excluding hydrogens is 492 g/mol. The number of anilines is 1. The average molecular weight is 525 g/mol. The monoisotopic (exact) mass is 524 g/mol. The number of hydrogen-bond acceptors (Lipinski definition) is 6. The molecule has 10 nitrogen and oxygen atoms in total. The average Bonchev–Trinajstić information content (AvgIpc) is 3.67. The number of carbonyl (C=O) groups excluding carboxylic acids is 1. The van der Waals surface area contributed by atoms with Crippen LogP contribution in [0, 0.1) is 0 Å². The standard InChI is InChI=1S/C29H32N8O2/c1-29(2,3)25-16-24(37(35-25)20-7-5-4-6-8-20)28(38)33-23-17-30-34-26(23)27-31-21-10-9-19(15-22(21)32-27)18-36-11-13-39-14-12-36/h4-10,15-17H,11-14,18H2,1-3H3,(H,30,34)(H,31,32)(H,33,38). The van der Waals surface area contributed by atoms with Gasteiger partial charge in [-0.3, -0.25) is 14.8 Å². The molecule has 0 spiro atoms. The number of hydrogen-bond donors (Lipinski definition) is 3. The zero-order valence-corrected chi connectivity index (χ0v) is 22.4. The summed E-state index contributed by atoms with van der Waals surface area (Å²) in [5.41, 5.74) is 5.99. The second-order valence-corrected chi connectivity index (χ2v) is 10.9. The summed E-state index contributed by atoms with van der Waals surface area (Å²) in [5.74, 6) is 0.321. The predicted octanol–water partition coefficient (Wildman–Crippen LogP) is 4.52. The van der Waals surface area contributed by atoms with Crippen LogP contribution >= 0.6 is 0 Å². The summed E-state index contributed by atoms with van der Waals surface area (Å²) in [6, 6.07) is 17.8. The van der Waals surface area contributed by atoms with E-state index < -0.39 is 0 Å². The van der Waals surface area contributed by atoms with Gasteiger partial charge in [-0.05, 0) is 35.9 Å². The Bertz CT molecular complexity index is 1600. The molecule has 6 rings (SSSR count). The molecule has 10 heteroatoms. The number of H-pyrrole nitrogens is 2. The zero-order chi connectivity index (χ0) is 27.0. The van der Waals surface area contributed by atoms with E-state index in [0.717, 1.165) is 55.3 Å². The van der Waals surface area contributed by atoms with Gasteiger partial charge in [-0.25, -0.2) is 9.67 Å². The molecule has 2 aromatic carbocycles. The van der Waals surface area contributed by atoms with E-state index in [0.29, 0.717) is 22.9 Å². The van der Waals surface area contributed by atoms with Crippen LogP contribution in [0.1, 0.15) is 42.5 Å². The molecule has 39 heavy (non-hydrogen) atoms. The van der Waals surface area contributed by atoms with E-state index in [4.69, 9.17) is 14.8 Å². The van der Waals surface area contributed by atoms with E-state index in [-0.39, 0.29) is 11.3 Å². The first kappa shape index (κ1) is 25.0. The summed E-state index contributed by atoms with van der Waals surface area (Å²) in [7, 11) is 0. The highest BCUT2D eigenvalue weighted by Gasteiger charge is 2.25. The maximum Gasteiger partial charge on any atom is 0.274 e. The summed E-state index contributed by atoms with van der Waals surface area (Å²) in [4.78, 5) is 24.1. The predicted molar refractivity (Wildman–Crippen MR) is 150 cm³/mol. The van der Waals surface area contributed by atoms with Crippen molar-refractivity contribution >= 4 is 22.6 Å². The fourth-order valence-electron chi connectivity index (χ4n) is 4.71. The normalized spacial score (nSPS) is 14.6. The topological polar surface area (TPSA) is 117 Å². The van der Waals surface area contributed by atoms with Crippen molar-refractivity contribution in [2.45, 2.75) is 32.7 Å². The molecular formula is C29H32N8O2. The van der Waals surface area contributed by atoms with Crippen LogP contribution in [0.2, 0.25) is 0 Å². The van der Waals surface area contributed by atoms with Crippen LogP contribution in [0.4, 0.5) is 5.69 Å². The molecule has 0 unspecified atom stereocenters. The third-order valence-electron chi connectivity index (χ3n) is 6.89. The van der Waals surface area contributed by atoms with E-state index in [1.807, 2.05) is 42.5 Å². The second kappa shape index (κ2) is 10.1. The summed E-state index contributed by atoms with van der Waals surface area (Å²) in [6.45, 7) is 10.5. The summed E-state index contributed by atoms with van der Waals surface area (Å²) in [5, 5.41) is 15.0. The van der Waals surface area contributed by atoms with E-state index >= 15 is 0 Å². The first-order valence-electron chi connectivity index (χ1n) is 13.1. The molecule has 200 valence electrons. The lowest BCUT2D eigenvalue weighted by Gasteiger charge is -2.26. The minimum absolute atomic E-state index is 0.217. The molecule has 1 aliphatic heterocycles. The van der Waals surface area contributed by atoms with Gasteiger partial charge in [-0.2, -0.15) is 10.2 Å². The van der Waals surface area contributed by atoms with Crippen LogP contribution in [0.15, 0.2) is 60.8 Å². The number of carbonyl (C=O) groups is 1. The number of nitrogens with zero attached hydrogens (tertiary/aromatic N) is 5. The quantitative estimate of drug-likeness (QED) is 0.301. The van der Waals surface area contributed by atoms with Crippen LogP contribution in [0.25, 0.3) is 28.2 Å². The van der Waals surface area contributed by atoms with Crippen molar-refractivity contribution in [2.75, 3.05) is 31.6 Å². The Kier molecular flexibility index (Phi) is 6.49. The molecule has 3 aromatic heterocycles. The molecule has 1 saturated heterocycles. The number of nitrogens with one attached hydrogen (secondary N) is 3. The molecule has 0 atom stereocenters. The Morgan fingerprint density at radius 2 is 1.87 bits per heavy atom. The van der Waals surface area contributed by atoms with E-state index in [9.17, 15) is 4.79 Å². The van der Waals surface area contributed by atoms with E-state index in [1.54, 1.807) is 10.9 Å². The highest BCUT2D eigenvalue weighted by atomic mass is 16.5. The number of para-hydroxylation sites is 1. The van der Waals surface area contributed by atoms with Crippen molar-refractivity contribution in [2.24, 2.45) is 0 Å². The third-order valence-corrected chi connectivity index (χ3v) is 6.89. The minimum Gasteiger partial charge on any atom is -0.379 e. The molecule has 1 amide bonds. The maximum atomic E-state index is 13.6. The smallest absolute Gasteiger partial charge is 0.274 e. The molecule has 0 saturated carbocycles. The maximum absolute atomic E-state index is 13.6. The van der Waals surface area contributed by atoms with Crippen LogP contribution < -0.4 is 5.32 Å². The van der Waals surface area contributed by atoms with E-state index in [2.05, 4.69) is 58.3 Å². The fourth-order valence-corrected chi connectivity index (χ4v) is 4.71. The van der Waals surface area contributed by atoms with Gasteiger partial charge in [0, 0.05) is 25.0 Å². The second-order valence-electron chi connectivity index (χ2n) is 10.9. The number of fused-ring (bicyclic) bond motifs is 1. The van der Waals surface area contributed by atoms with Gasteiger partial charge in [0.05, 0.1) is 47.5 Å². The first-order valence-corrected chi connectivity index (χ1v) is 13.1. The summed E-state index contributed by atoms with van der Waals surface area (Å²) >= 11 is 0. The van der Waals surface area contributed by atoms with Crippen LogP contribution in [0.3, 0.4) is 0 Å². The number of imidazole rings is 1. The fraction of sp³-hybridized carbons (Fsp3) is 0.310. The SMILES string of the molecule is CC(C)(C)c1cc(C(=O)Nc2cn[nH]c2-c2nc3ccc(CN4CCOCC4)cc3[nH]2)n(-c2ccccc2)n1. The van der Waals surface area contributed by atoms with Gasteiger partial charge < -0.3 is 15.0 Å². The minimum atomic E-state index is -0.284. The van der Waals surface area contributed by atoms with Crippen molar-refractivity contribution < 1.29 is 9.53 Å². The van der Waals surface area contributed by atoms with Gasteiger partial charge in [-0.1, -0.05) is 45.0 Å². The largest absolute Gasteiger partial charge is 0.379 e. The summed E-state index contributed by atoms with van der Waals surface area (Å²) in [6.07, 6.45) is 1.60. The lowest BCUT2D eigenvalue weighted by molar-refractivity contribution is 0.0342. The number of benzene rings is 2. The number of ether oxygens (including phenoxy) is 1. The lowest BCUT2D eigenvalue weighted by Crippen LogP contribution is -2.35. The summed E-state index contributed by atoms with van der Waals surface area (Å²) < 4.78 is 7.15. The highest BCUT2D eigenvalue weighted by molar-refractivity contribution is 6.05. The van der Waals surface area contributed by atoms with Gasteiger partial charge in [0.1, 0.15) is 11.4 Å². The molecule has 5 aromatic rings. The first-order chi connectivity index (χ1) is 18.8. The third kappa shape index (κ3) is 5.21. The van der Waals surface area contributed by atoms with Crippen LogP contribution in [0.5, 0.6) is 0 Å². The molecule has 0 aliphatic carbocycles. The molecule has 4 heterocycles. The van der Waals surface area contributed by atoms with Crippen molar-refractivity contribution in [1.82, 2.24) is 34.8 Å². The Morgan fingerprint density at radius 3 is 2.64 bits per heavy atom. The highest BCUT2D eigenvalue weighted by Crippen LogP contribution is 2.28.